The van der Waals surface area contributed by atoms with Crippen LogP contribution in [0.25, 0.3) is 0 Å². The molecule has 16 heavy (non-hydrogen) atoms. The highest BCUT2D eigenvalue weighted by molar-refractivity contribution is 14.1. The van der Waals surface area contributed by atoms with Crippen LogP contribution < -0.4 is 0 Å². The van der Waals surface area contributed by atoms with Crippen LogP contribution in [0.1, 0.15) is 15.3 Å². The smallest absolute Gasteiger partial charge is 0.0760 e. The lowest BCUT2D eigenvalue weighted by molar-refractivity contribution is 1.19. The predicted molar refractivity (Wildman–Crippen MR) is 89.6 cm³/mol. The van der Waals surface area contributed by atoms with Gasteiger partial charge in [-0.15, -0.1) is 11.3 Å². The minimum Gasteiger partial charge on any atom is -0.146 e. The summed E-state index contributed by atoms with van der Waals surface area (Å²) >= 11 is 15.0. The maximum absolute atomic E-state index is 3.76. The van der Waals surface area contributed by atoms with Crippen LogP contribution >= 0.6 is 81.7 Å². The van der Waals surface area contributed by atoms with E-state index in [1.54, 1.807) is 11.3 Å². The molecule has 1 atom stereocenters. The molecule has 0 N–H and O–H groups in total. The zero-order chi connectivity index (χ0) is 11.7. The highest BCUT2D eigenvalue weighted by Crippen LogP contribution is 2.41. The summed E-state index contributed by atoms with van der Waals surface area (Å²) in [5.41, 5.74) is 1.26. The summed E-state index contributed by atoms with van der Waals surface area (Å²) in [6.45, 7) is 0. The van der Waals surface area contributed by atoms with Gasteiger partial charge in [0.1, 0.15) is 0 Å². The van der Waals surface area contributed by atoms with Crippen molar-refractivity contribution in [2.45, 2.75) is 4.83 Å². The minimum absolute atomic E-state index is 0.228. The molecule has 84 valence electrons. The monoisotopic (exact) mass is 534 g/mol. The molecule has 0 fully saturated rings. The van der Waals surface area contributed by atoms with Gasteiger partial charge in [0.15, 0.2) is 0 Å². The first-order valence-electron chi connectivity index (χ1n) is 4.41. The van der Waals surface area contributed by atoms with E-state index in [9.17, 15) is 0 Å². The van der Waals surface area contributed by atoms with Gasteiger partial charge in [0.2, 0.25) is 0 Å². The molecule has 1 heterocycles. The lowest BCUT2D eigenvalue weighted by Gasteiger charge is -2.12. The zero-order valence-corrected chi connectivity index (χ0v) is 15.6. The van der Waals surface area contributed by atoms with Crippen molar-refractivity contribution in [3.05, 3.63) is 52.6 Å². The van der Waals surface area contributed by atoms with Crippen LogP contribution in [0.2, 0.25) is 0 Å². The zero-order valence-electron chi connectivity index (χ0n) is 7.88. The van der Waals surface area contributed by atoms with Gasteiger partial charge in [0, 0.05) is 17.4 Å². The SMILES string of the molecule is Brc1ccc(I)cc1C(Br)c1sccc1Br. The van der Waals surface area contributed by atoms with Gasteiger partial charge in [-0.2, -0.15) is 0 Å². The third-order valence-electron chi connectivity index (χ3n) is 2.11. The van der Waals surface area contributed by atoms with Crippen LogP contribution in [-0.4, -0.2) is 0 Å². The Morgan fingerprint density at radius 2 is 1.88 bits per heavy atom. The molecule has 0 aliphatic heterocycles. The highest BCUT2D eigenvalue weighted by Gasteiger charge is 2.17. The fraction of sp³-hybridized carbons (Fsp3) is 0.0909. The van der Waals surface area contributed by atoms with E-state index in [1.165, 1.54) is 14.0 Å². The average molecular weight is 537 g/mol. The van der Waals surface area contributed by atoms with E-state index in [0.29, 0.717) is 0 Å². The van der Waals surface area contributed by atoms with E-state index < -0.39 is 0 Å². The van der Waals surface area contributed by atoms with Crippen LogP contribution in [0, 0.1) is 3.57 Å². The Morgan fingerprint density at radius 1 is 1.12 bits per heavy atom. The number of thiophene rings is 1. The number of hydrogen-bond acceptors (Lipinski definition) is 1. The second-order valence-electron chi connectivity index (χ2n) is 3.16. The van der Waals surface area contributed by atoms with Crippen LogP contribution in [0.4, 0.5) is 0 Å². The molecule has 0 radical (unpaired) electrons. The average Bonchev–Trinajstić information content (AvgIpc) is 2.67. The van der Waals surface area contributed by atoms with Gasteiger partial charge in [-0.1, -0.05) is 31.9 Å². The van der Waals surface area contributed by atoms with E-state index in [1.807, 2.05) is 0 Å². The molecule has 0 spiro atoms. The first kappa shape index (κ1) is 13.5. The summed E-state index contributed by atoms with van der Waals surface area (Å²) in [5.74, 6) is 0. The normalized spacial score (nSPS) is 12.8. The van der Waals surface area contributed by atoms with Crippen molar-refractivity contribution in [2.24, 2.45) is 0 Å². The van der Waals surface area contributed by atoms with Crippen molar-refractivity contribution >= 4 is 81.7 Å². The molecule has 0 aliphatic rings. The van der Waals surface area contributed by atoms with Crippen LogP contribution in [-0.2, 0) is 0 Å². The summed E-state index contributed by atoms with van der Waals surface area (Å²) in [6.07, 6.45) is 0. The van der Waals surface area contributed by atoms with Gasteiger partial charge in [0.05, 0.1) is 4.83 Å². The second kappa shape index (κ2) is 5.82. The van der Waals surface area contributed by atoms with Crippen LogP contribution in [0.3, 0.4) is 0 Å². The van der Waals surface area contributed by atoms with E-state index in [-0.39, 0.29) is 4.83 Å². The molecule has 0 aliphatic carbocycles. The molecule has 1 unspecified atom stereocenters. The lowest BCUT2D eigenvalue weighted by atomic mass is 10.1. The largest absolute Gasteiger partial charge is 0.146 e. The molecule has 1 aromatic heterocycles. The first-order valence-corrected chi connectivity index (χ1v) is 8.87. The van der Waals surface area contributed by atoms with Gasteiger partial charge < -0.3 is 0 Å². The Kier molecular flexibility index (Phi) is 4.92. The third-order valence-corrected chi connectivity index (χ3v) is 6.69. The van der Waals surface area contributed by atoms with Gasteiger partial charge in [-0.05, 0) is 73.7 Å². The molecule has 5 heteroatoms. The Morgan fingerprint density at radius 3 is 2.50 bits per heavy atom. The highest BCUT2D eigenvalue weighted by atomic mass is 127. The number of alkyl halides is 1. The lowest BCUT2D eigenvalue weighted by Crippen LogP contribution is -1.93. The third kappa shape index (κ3) is 2.91. The Balaban J connectivity index is 2.45. The molecule has 0 nitrogen and oxygen atoms in total. The van der Waals surface area contributed by atoms with Crippen molar-refractivity contribution < 1.29 is 0 Å². The molecule has 2 aromatic rings. The molecular formula is C11H6Br3IS. The number of rotatable bonds is 2. The minimum atomic E-state index is 0.228. The quantitative estimate of drug-likeness (QED) is 0.309. The van der Waals surface area contributed by atoms with E-state index >= 15 is 0 Å². The Hall–Kier alpha value is 1.09. The van der Waals surface area contributed by atoms with Crippen molar-refractivity contribution in [2.75, 3.05) is 0 Å². The Labute approximate surface area is 137 Å². The summed E-state index contributed by atoms with van der Waals surface area (Å²) in [4.78, 5) is 1.52. The van der Waals surface area contributed by atoms with E-state index in [4.69, 9.17) is 0 Å². The molecule has 0 bridgehead atoms. The molecule has 0 saturated carbocycles. The predicted octanol–water partition coefficient (Wildman–Crippen LogP) is 6.36. The van der Waals surface area contributed by atoms with Crippen molar-refractivity contribution in [3.63, 3.8) is 0 Å². The number of hydrogen-bond donors (Lipinski definition) is 0. The second-order valence-corrected chi connectivity index (χ2v) is 7.98. The van der Waals surface area contributed by atoms with Gasteiger partial charge in [0.25, 0.3) is 0 Å². The van der Waals surface area contributed by atoms with Crippen molar-refractivity contribution in [1.29, 1.82) is 0 Å². The summed E-state index contributed by atoms with van der Waals surface area (Å²) in [6, 6.07) is 8.45. The number of benzene rings is 1. The molecular weight excluding hydrogens is 531 g/mol. The summed E-state index contributed by atoms with van der Waals surface area (Å²) in [7, 11) is 0. The molecule has 2 rings (SSSR count). The molecule has 0 saturated heterocycles. The van der Waals surface area contributed by atoms with Gasteiger partial charge in [-0.25, -0.2) is 0 Å². The van der Waals surface area contributed by atoms with E-state index in [0.717, 1.165) is 8.95 Å². The van der Waals surface area contributed by atoms with E-state index in [2.05, 4.69) is 100 Å². The molecule has 1 aromatic carbocycles. The van der Waals surface area contributed by atoms with Crippen LogP contribution in [0.15, 0.2) is 38.6 Å². The topological polar surface area (TPSA) is 0 Å². The first-order chi connectivity index (χ1) is 7.59. The van der Waals surface area contributed by atoms with Crippen LogP contribution in [0.5, 0.6) is 0 Å². The van der Waals surface area contributed by atoms with Crippen molar-refractivity contribution in [3.8, 4) is 0 Å². The fourth-order valence-corrected chi connectivity index (χ4v) is 5.48. The fourth-order valence-electron chi connectivity index (χ4n) is 1.34. The standard InChI is InChI=1S/C11H6Br3IS/c12-8-2-1-6(15)5-7(8)10(14)11-9(13)3-4-16-11/h1-5,10H. The Bertz CT molecular complexity index is 510. The maximum Gasteiger partial charge on any atom is 0.0760 e. The summed E-state index contributed by atoms with van der Waals surface area (Å²) < 4.78 is 3.54. The summed E-state index contributed by atoms with van der Waals surface area (Å²) in [5, 5.41) is 2.09. The number of halogens is 4. The van der Waals surface area contributed by atoms with Gasteiger partial charge >= 0.3 is 0 Å². The molecule has 0 amide bonds. The van der Waals surface area contributed by atoms with Crippen molar-refractivity contribution in [1.82, 2.24) is 0 Å². The van der Waals surface area contributed by atoms with Gasteiger partial charge in [-0.3, -0.25) is 0 Å². The maximum atomic E-state index is 3.76.